The number of hydrogen-bond acceptors (Lipinski definition) is 6. The summed E-state index contributed by atoms with van der Waals surface area (Å²) in [4.78, 5) is 41.1. The molecule has 1 aromatic carbocycles. The van der Waals surface area contributed by atoms with Crippen LogP contribution in [-0.2, 0) is 34.7 Å². The first kappa shape index (κ1) is 21.1. The van der Waals surface area contributed by atoms with Crippen molar-refractivity contribution >= 4 is 25.2 Å². The maximum Gasteiger partial charge on any atom is 0.343 e. The molecule has 0 spiro atoms. The second-order valence-electron chi connectivity index (χ2n) is 9.35. The molecule has 166 valence electrons. The fourth-order valence-electron chi connectivity index (χ4n) is 4.83. The van der Waals surface area contributed by atoms with Crippen molar-refractivity contribution in [3.63, 3.8) is 0 Å². The highest BCUT2D eigenvalue weighted by Crippen LogP contribution is 2.40. The topological polar surface area (TPSA) is 102 Å². The van der Waals surface area contributed by atoms with Crippen molar-refractivity contribution < 1.29 is 19.4 Å². The van der Waals surface area contributed by atoms with Crippen LogP contribution < -0.4 is 5.56 Å². The largest absolute Gasteiger partial charge is 0.458 e. The van der Waals surface area contributed by atoms with Crippen molar-refractivity contribution in [2.24, 2.45) is 0 Å². The lowest BCUT2D eigenvalue weighted by molar-refractivity contribution is -0.172. The predicted molar refractivity (Wildman–Crippen MR) is 123 cm³/mol. The van der Waals surface area contributed by atoms with Gasteiger partial charge in [0.15, 0.2) is 13.9 Å². The van der Waals surface area contributed by atoms with E-state index in [-0.39, 0.29) is 18.6 Å². The van der Waals surface area contributed by atoms with E-state index in [0.717, 1.165) is 22.0 Å². The van der Waals surface area contributed by atoms with Crippen molar-refractivity contribution in [3.05, 3.63) is 62.9 Å². The monoisotopic (exact) mass is 450 g/mol. The van der Waals surface area contributed by atoms with Gasteiger partial charge in [0, 0.05) is 16.5 Å². The van der Waals surface area contributed by atoms with Crippen LogP contribution in [0.15, 0.2) is 35.1 Å². The second-order valence-corrected chi connectivity index (χ2v) is 13.5. The summed E-state index contributed by atoms with van der Waals surface area (Å²) in [6.45, 7) is 5.77. The molecule has 5 rings (SSSR count). The van der Waals surface area contributed by atoms with Gasteiger partial charge in [-0.1, -0.05) is 25.1 Å². The van der Waals surface area contributed by atoms with Crippen LogP contribution in [0.5, 0.6) is 0 Å². The van der Waals surface area contributed by atoms with Crippen LogP contribution in [0.25, 0.3) is 22.3 Å². The quantitative estimate of drug-likeness (QED) is 0.366. The SMILES string of the molecule is CC[C@@]1(O)C(=O)OCc2c1cc1n(c2=O)Cc2c-1nc1ccccc1c2CC[Si](C)(C)O. The number of aryl methyl sites for hydroxylation is 1. The molecule has 0 aliphatic carbocycles. The average Bonchev–Trinajstić information content (AvgIpc) is 3.12. The number of esters is 1. The molecule has 2 aliphatic heterocycles. The molecule has 32 heavy (non-hydrogen) atoms. The average molecular weight is 451 g/mol. The van der Waals surface area contributed by atoms with Gasteiger partial charge < -0.3 is 19.2 Å². The van der Waals surface area contributed by atoms with Crippen LogP contribution in [0.1, 0.15) is 35.6 Å². The predicted octanol–water partition coefficient (Wildman–Crippen LogP) is 2.82. The van der Waals surface area contributed by atoms with E-state index in [1.807, 2.05) is 37.4 Å². The van der Waals surface area contributed by atoms with Gasteiger partial charge in [-0.05, 0) is 49.7 Å². The Morgan fingerprint density at radius 3 is 2.69 bits per heavy atom. The summed E-state index contributed by atoms with van der Waals surface area (Å²) in [5.41, 5.74) is 2.74. The maximum atomic E-state index is 13.4. The van der Waals surface area contributed by atoms with E-state index in [9.17, 15) is 19.5 Å². The minimum absolute atomic E-state index is 0.112. The molecular weight excluding hydrogens is 424 g/mol. The van der Waals surface area contributed by atoms with Crippen molar-refractivity contribution in [1.29, 1.82) is 0 Å². The number of ether oxygens (including phenoxy) is 1. The number of pyridine rings is 2. The first-order valence-electron chi connectivity index (χ1n) is 10.9. The Labute approximate surface area is 186 Å². The van der Waals surface area contributed by atoms with Gasteiger partial charge in [-0.2, -0.15) is 0 Å². The summed E-state index contributed by atoms with van der Waals surface area (Å²) in [6.07, 6.45) is 0.811. The third kappa shape index (κ3) is 3.05. The molecule has 0 saturated carbocycles. The molecule has 7 nitrogen and oxygen atoms in total. The van der Waals surface area contributed by atoms with Crippen LogP contribution in [-0.4, -0.2) is 33.7 Å². The lowest BCUT2D eigenvalue weighted by atomic mass is 9.86. The minimum Gasteiger partial charge on any atom is -0.458 e. The Balaban J connectivity index is 1.76. The summed E-state index contributed by atoms with van der Waals surface area (Å²) in [5.74, 6) is -0.725. The third-order valence-corrected chi connectivity index (χ3v) is 8.17. The number of hydrogen-bond donors (Lipinski definition) is 2. The van der Waals surface area contributed by atoms with Gasteiger partial charge in [-0.3, -0.25) is 4.79 Å². The van der Waals surface area contributed by atoms with Gasteiger partial charge >= 0.3 is 5.97 Å². The molecular formula is C24H26N2O5Si. The molecule has 0 fully saturated rings. The number of nitrogens with zero attached hydrogens (tertiary/aromatic N) is 2. The Morgan fingerprint density at radius 2 is 1.97 bits per heavy atom. The summed E-state index contributed by atoms with van der Waals surface area (Å²) in [7, 11) is -2.28. The molecule has 2 N–H and O–H groups in total. The molecule has 0 bridgehead atoms. The molecule has 4 heterocycles. The summed E-state index contributed by atoms with van der Waals surface area (Å²) < 4.78 is 6.81. The van der Waals surface area contributed by atoms with Crippen molar-refractivity contribution in [2.45, 2.75) is 57.7 Å². The van der Waals surface area contributed by atoms with Crippen molar-refractivity contribution in [3.8, 4) is 11.4 Å². The summed E-state index contributed by atoms with van der Waals surface area (Å²) in [5, 5.41) is 12.1. The van der Waals surface area contributed by atoms with Crippen molar-refractivity contribution in [1.82, 2.24) is 9.55 Å². The Hall–Kier alpha value is -2.81. The summed E-state index contributed by atoms with van der Waals surface area (Å²) >= 11 is 0. The number of fused-ring (bicyclic) bond motifs is 5. The van der Waals surface area contributed by atoms with Gasteiger partial charge in [0.1, 0.15) is 6.61 Å². The number of aliphatic hydroxyl groups is 1. The van der Waals surface area contributed by atoms with Crippen LogP contribution in [0.2, 0.25) is 19.1 Å². The lowest BCUT2D eigenvalue weighted by Crippen LogP contribution is -2.44. The molecule has 2 aliphatic rings. The fourth-order valence-corrected chi connectivity index (χ4v) is 5.69. The van der Waals surface area contributed by atoms with E-state index >= 15 is 0 Å². The van der Waals surface area contributed by atoms with Crippen LogP contribution in [0.4, 0.5) is 0 Å². The van der Waals surface area contributed by atoms with Crippen molar-refractivity contribution in [2.75, 3.05) is 0 Å². The first-order chi connectivity index (χ1) is 15.1. The molecule has 0 radical (unpaired) electrons. The standard InChI is InChI=1S/C24H26N2O5Si/c1-4-24(29)18-11-20-21-16(12-26(20)22(27)17(18)13-31-23(24)28)14(9-10-32(2,3)30)15-7-5-6-8-19(15)25-21/h5-8,11,29-30H,4,9-10,12-13H2,1-3H3/t24-/m0/s1. The highest BCUT2D eigenvalue weighted by Gasteiger charge is 2.45. The Bertz CT molecular complexity index is 1340. The molecule has 0 amide bonds. The number of rotatable bonds is 4. The zero-order valence-corrected chi connectivity index (χ0v) is 19.4. The minimum atomic E-state index is -2.28. The Morgan fingerprint density at radius 1 is 1.22 bits per heavy atom. The molecule has 8 heteroatoms. The van der Waals surface area contributed by atoms with Gasteiger partial charge in [0.2, 0.25) is 0 Å². The third-order valence-electron chi connectivity index (χ3n) is 6.70. The first-order valence-corrected chi connectivity index (χ1v) is 14.1. The molecule has 1 atom stereocenters. The lowest BCUT2D eigenvalue weighted by Gasteiger charge is -2.31. The normalized spacial score (nSPS) is 19.5. The molecule has 0 unspecified atom stereocenters. The number of cyclic esters (lactones) is 1. The Kier molecular flexibility index (Phi) is 4.67. The molecule has 3 aromatic rings. The summed E-state index contributed by atoms with van der Waals surface area (Å²) in [6, 6.07) is 10.3. The molecule has 0 saturated heterocycles. The van der Waals surface area contributed by atoms with Gasteiger partial charge in [0.05, 0.1) is 29.0 Å². The number of carbonyl (C=O) groups is 1. The van der Waals surface area contributed by atoms with E-state index in [4.69, 9.17) is 9.72 Å². The van der Waals surface area contributed by atoms with Crippen LogP contribution in [0.3, 0.4) is 0 Å². The zero-order chi connectivity index (χ0) is 22.8. The van der Waals surface area contributed by atoms with E-state index in [2.05, 4.69) is 0 Å². The van der Waals surface area contributed by atoms with Crippen LogP contribution >= 0.6 is 0 Å². The number of aromatic nitrogens is 2. The van der Waals surface area contributed by atoms with Gasteiger partial charge in [0.25, 0.3) is 5.56 Å². The van der Waals surface area contributed by atoms with E-state index in [0.29, 0.717) is 41.5 Å². The second kappa shape index (κ2) is 7.10. The van der Waals surface area contributed by atoms with Gasteiger partial charge in [-0.25, -0.2) is 9.78 Å². The number of benzene rings is 1. The smallest absolute Gasteiger partial charge is 0.343 e. The zero-order valence-electron chi connectivity index (χ0n) is 18.4. The highest BCUT2D eigenvalue weighted by atomic mass is 28.4. The number of para-hydroxylation sites is 1. The number of carbonyl (C=O) groups excluding carboxylic acids is 1. The fraction of sp³-hybridized carbons (Fsp3) is 0.375. The van der Waals surface area contributed by atoms with Gasteiger partial charge in [-0.15, -0.1) is 0 Å². The van der Waals surface area contributed by atoms with E-state index < -0.39 is 19.9 Å². The van der Waals surface area contributed by atoms with Crippen LogP contribution in [0, 0.1) is 0 Å². The highest BCUT2D eigenvalue weighted by molar-refractivity contribution is 6.69. The molecule has 2 aromatic heterocycles. The van der Waals surface area contributed by atoms with E-state index in [1.54, 1.807) is 17.6 Å². The van der Waals surface area contributed by atoms with E-state index in [1.165, 1.54) is 0 Å². The maximum absolute atomic E-state index is 13.4.